The Balaban J connectivity index is 1.74. The molecule has 2 N–H and O–H groups in total. The van der Waals surface area contributed by atoms with Gasteiger partial charge in [0.15, 0.2) is 5.96 Å². The molecular weight excluding hydrogens is 256 g/mol. The van der Waals surface area contributed by atoms with E-state index in [0.29, 0.717) is 31.7 Å². The quantitative estimate of drug-likeness (QED) is 0.441. The van der Waals surface area contributed by atoms with Crippen LogP contribution in [0.25, 0.3) is 0 Å². The summed E-state index contributed by atoms with van der Waals surface area (Å²) in [6.07, 6.45) is 4.27. The maximum Gasteiger partial charge on any atom is 0.213 e. The van der Waals surface area contributed by atoms with E-state index < -0.39 is 0 Å². The number of aromatic nitrogens is 1. The van der Waals surface area contributed by atoms with E-state index in [1.54, 1.807) is 20.4 Å². The molecule has 0 radical (unpaired) electrons. The van der Waals surface area contributed by atoms with E-state index in [1.807, 2.05) is 12.1 Å². The molecule has 20 heavy (non-hydrogen) atoms. The standard InChI is InChI=1S/C14H22N4O2/c1-15-14(18-12-4-5-12)17-10-11-3-6-13(16-9-11)20-8-7-19-2/h3,6,9,12H,4-5,7-8,10H2,1-2H3,(H2,15,17,18). The van der Waals surface area contributed by atoms with Crippen molar-refractivity contribution in [2.24, 2.45) is 4.99 Å². The van der Waals surface area contributed by atoms with Crippen LogP contribution in [0.3, 0.4) is 0 Å². The molecule has 1 aromatic rings. The van der Waals surface area contributed by atoms with Gasteiger partial charge in [0.2, 0.25) is 5.88 Å². The Labute approximate surface area is 119 Å². The predicted octanol–water partition coefficient (Wildman–Crippen LogP) is 0.934. The van der Waals surface area contributed by atoms with Crippen molar-refractivity contribution in [2.75, 3.05) is 27.4 Å². The fourth-order valence-electron chi connectivity index (χ4n) is 1.63. The lowest BCUT2D eigenvalue weighted by atomic mass is 10.3. The fourth-order valence-corrected chi connectivity index (χ4v) is 1.63. The molecule has 0 bridgehead atoms. The van der Waals surface area contributed by atoms with Gasteiger partial charge in [0.05, 0.1) is 6.61 Å². The molecule has 0 aliphatic heterocycles. The molecule has 0 atom stereocenters. The van der Waals surface area contributed by atoms with Crippen molar-refractivity contribution in [3.63, 3.8) is 0 Å². The van der Waals surface area contributed by atoms with Crippen molar-refractivity contribution in [1.29, 1.82) is 0 Å². The first-order valence-electron chi connectivity index (χ1n) is 6.85. The zero-order chi connectivity index (χ0) is 14.2. The smallest absolute Gasteiger partial charge is 0.213 e. The van der Waals surface area contributed by atoms with Gasteiger partial charge in [0.25, 0.3) is 0 Å². The number of guanidine groups is 1. The first-order valence-corrected chi connectivity index (χ1v) is 6.85. The second kappa shape index (κ2) is 7.69. The Kier molecular flexibility index (Phi) is 5.61. The number of nitrogens with one attached hydrogen (secondary N) is 2. The van der Waals surface area contributed by atoms with Crippen LogP contribution in [0.15, 0.2) is 23.3 Å². The van der Waals surface area contributed by atoms with Gasteiger partial charge in [0, 0.05) is 39.0 Å². The largest absolute Gasteiger partial charge is 0.475 e. The van der Waals surface area contributed by atoms with Crippen LogP contribution in [-0.2, 0) is 11.3 Å². The minimum atomic E-state index is 0.513. The van der Waals surface area contributed by atoms with Crippen molar-refractivity contribution in [3.8, 4) is 5.88 Å². The van der Waals surface area contributed by atoms with E-state index >= 15 is 0 Å². The topological polar surface area (TPSA) is 67.8 Å². The van der Waals surface area contributed by atoms with Gasteiger partial charge in [-0.15, -0.1) is 0 Å². The number of ether oxygens (including phenoxy) is 2. The Morgan fingerprint density at radius 1 is 1.40 bits per heavy atom. The third kappa shape index (κ3) is 5.05. The summed E-state index contributed by atoms with van der Waals surface area (Å²) in [5.41, 5.74) is 1.09. The third-order valence-corrected chi connectivity index (χ3v) is 2.94. The molecule has 2 rings (SSSR count). The van der Waals surface area contributed by atoms with Crippen LogP contribution in [0.1, 0.15) is 18.4 Å². The molecule has 0 unspecified atom stereocenters. The number of rotatable bonds is 7. The Morgan fingerprint density at radius 3 is 2.85 bits per heavy atom. The molecule has 1 aliphatic carbocycles. The molecule has 0 saturated heterocycles. The summed E-state index contributed by atoms with van der Waals surface area (Å²) < 4.78 is 10.3. The van der Waals surface area contributed by atoms with Crippen molar-refractivity contribution in [2.45, 2.75) is 25.4 Å². The van der Waals surface area contributed by atoms with Gasteiger partial charge in [-0.3, -0.25) is 4.99 Å². The maximum atomic E-state index is 5.42. The summed E-state index contributed by atoms with van der Waals surface area (Å²) in [5.74, 6) is 1.46. The Morgan fingerprint density at radius 2 is 2.25 bits per heavy atom. The monoisotopic (exact) mass is 278 g/mol. The number of aliphatic imine (C=N–C) groups is 1. The number of hydrogen-bond donors (Lipinski definition) is 2. The second-order valence-corrected chi connectivity index (χ2v) is 4.69. The molecule has 1 saturated carbocycles. The Bertz CT molecular complexity index is 429. The van der Waals surface area contributed by atoms with Gasteiger partial charge in [-0.1, -0.05) is 6.07 Å². The Hall–Kier alpha value is -1.82. The van der Waals surface area contributed by atoms with E-state index in [2.05, 4.69) is 20.6 Å². The highest BCUT2D eigenvalue weighted by Crippen LogP contribution is 2.18. The molecule has 1 heterocycles. The summed E-state index contributed by atoms with van der Waals surface area (Å²) in [7, 11) is 3.43. The van der Waals surface area contributed by atoms with Crippen LogP contribution in [0, 0.1) is 0 Å². The molecule has 0 amide bonds. The average Bonchev–Trinajstić information content (AvgIpc) is 3.29. The molecule has 110 valence electrons. The fraction of sp³-hybridized carbons (Fsp3) is 0.571. The number of pyridine rings is 1. The highest BCUT2D eigenvalue weighted by molar-refractivity contribution is 5.80. The van der Waals surface area contributed by atoms with Gasteiger partial charge in [-0.2, -0.15) is 0 Å². The first-order chi connectivity index (χ1) is 9.81. The SMILES string of the molecule is CN=C(NCc1ccc(OCCOC)nc1)NC1CC1. The summed E-state index contributed by atoms with van der Waals surface area (Å²) >= 11 is 0. The normalized spacial score (nSPS) is 15.0. The van der Waals surface area contributed by atoms with E-state index in [4.69, 9.17) is 9.47 Å². The molecular formula is C14H22N4O2. The van der Waals surface area contributed by atoms with Crippen molar-refractivity contribution >= 4 is 5.96 Å². The second-order valence-electron chi connectivity index (χ2n) is 4.69. The van der Waals surface area contributed by atoms with E-state index in [1.165, 1.54) is 12.8 Å². The van der Waals surface area contributed by atoms with Crippen LogP contribution < -0.4 is 15.4 Å². The molecule has 6 nitrogen and oxygen atoms in total. The van der Waals surface area contributed by atoms with Gasteiger partial charge >= 0.3 is 0 Å². The van der Waals surface area contributed by atoms with E-state index in [0.717, 1.165) is 11.5 Å². The lowest BCUT2D eigenvalue weighted by Gasteiger charge is -2.11. The van der Waals surface area contributed by atoms with Crippen LogP contribution >= 0.6 is 0 Å². The van der Waals surface area contributed by atoms with Crippen LogP contribution in [0.4, 0.5) is 0 Å². The zero-order valence-corrected chi connectivity index (χ0v) is 12.1. The molecule has 0 spiro atoms. The lowest BCUT2D eigenvalue weighted by molar-refractivity contribution is 0.143. The van der Waals surface area contributed by atoms with Crippen molar-refractivity contribution < 1.29 is 9.47 Å². The van der Waals surface area contributed by atoms with Gasteiger partial charge in [-0.25, -0.2) is 4.98 Å². The van der Waals surface area contributed by atoms with Gasteiger partial charge < -0.3 is 20.1 Å². The lowest BCUT2D eigenvalue weighted by Crippen LogP contribution is -2.38. The number of methoxy groups -OCH3 is 1. The van der Waals surface area contributed by atoms with Crippen LogP contribution in [0.5, 0.6) is 5.88 Å². The van der Waals surface area contributed by atoms with Crippen molar-refractivity contribution in [1.82, 2.24) is 15.6 Å². The predicted molar refractivity (Wildman–Crippen MR) is 78.0 cm³/mol. The molecule has 1 fully saturated rings. The maximum absolute atomic E-state index is 5.42. The molecule has 6 heteroatoms. The number of hydrogen-bond acceptors (Lipinski definition) is 4. The summed E-state index contributed by atoms with van der Waals surface area (Å²) in [6, 6.07) is 4.45. The first kappa shape index (κ1) is 14.6. The zero-order valence-electron chi connectivity index (χ0n) is 12.1. The van der Waals surface area contributed by atoms with Gasteiger partial charge in [-0.05, 0) is 18.4 Å². The molecule has 1 aromatic heterocycles. The van der Waals surface area contributed by atoms with Crippen LogP contribution in [-0.4, -0.2) is 44.4 Å². The summed E-state index contributed by atoms with van der Waals surface area (Å²) in [6.45, 7) is 1.77. The highest BCUT2D eigenvalue weighted by atomic mass is 16.5. The van der Waals surface area contributed by atoms with Gasteiger partial charge in [0.1, 0.15) is 6.61 Å². The highest BCUT2D eigenvalue weighted by Gasteiger charge is 2.21. The average molecular weight is 278 g/mol. The summed E-state index contributed by atoms with van der Waals surface area (Å²) in [4.78, 5) is 8.44. The van der Waals surface area contributed by atoms with E-state index in [-0.39, 0.29) is 0 Å². The summed E-state index contributed by atoms with van der Waals surface area (Å²) in [5, 5.41) is 6.60. The number of nitrogens with zero attached hydrogens (tertiary/aromatic N) is 2. The van der Waals surface area contributed by atoms with Crippen LogP contribution in [0.2, 0.25) is 0 Å². The third-order valence-electron chi connectivity index (χ3n) is 2.94. The minimum absolute atomic E-state index is 0.513. The van der Waals surface area contributed by atoms with E-state index in [9.17, 15) is 0 Å². The van der Waals surface area contributed by atoms with Crippen molar-refractivity contribution in [3.05, 3.63) is 23.9 Å². The minimum Gasteiger partial charge on any atom is -0.475 e. The molecule has 0 aromatic carbocycles. The molecule has 1 aliphatic rings.